The fourth-order valence-electron chi connectivity index (χ4n) is 4.87. The maximum absolute atomic E-state index is 10.5. The molecule has 0 amide bonds. The van der Waals surface area contributed by atoms with Gasteiger partial charge in [-0.15, -0.1) is 0 Å². The van der Waals surface area contributed by atoms with E-state index in [-0.39, 0.29) is 0 Å². The zero-order valence-electron chi connectivity index (χ0n) is 13.6. The molecule has 2 fully saturated rings. The molecule has 4 atom stereocenters. The smallest absolute Gasteiger partial charge is 0.0869 e. The van der Waals surface area contributed by atoms with E-state index in [9.17, 15) is 5.11 Å². The summed E-state index contributed by atoms with van der Waals surface area (Å²) in [7, 11) is 4.02. The topological polar surface area (TPSA) is 35.5 Å². The normalized spacial score (nSPS) is 39.8. The number of hydrogen-bond donors (Lipinski definition) is 2. The summed E-state index contributed by atoms with van der Waals surface area (Å²) in [5, 5.41) is 14.2. The van der Waals surface area contributed by atoms with E-state index in [4.69, 9.17) is 0 Å². The van der Waals surface area contributed by atoms with Gasteiger partial charge in [-0.25, -0.2) is 0 Å². The minimum Gasteiger partial charge on any atom is -0.388 e. The summed E-state index contributed by atoms with van der Waals surface area (Å²) in [6.45, 7) is 10.6. The molecule has 0 aliphatic heterocycles. The molecule has 0 spiro atoms. The van der Waals surface area contributed by atoms with Crippen LogP contribution in [0.3, 0.4) is 0 Å². The summed E-state index contributed by atoms with van der Waals surface area (Å²) in [5.41, 5.74) is 0.140. The van der Waals surface area contributed by atoms with Crippen molar-refractivity contribution in [2.24, 2.45) is 16.7 Å². The van der Waals surface area contributed by atoms with Gasteiger partial charge in [-0.1, -0.05) is 20.8 Å². The Labute approximate surface area is 118 Å². The number of fused-ring (bicyclic) bond motifs is 2. The van der Waals surface area contributed by atoms with Crippen molar-refractivity contribution < 1.29 is 5.11 Å². The van der Waals surface area contributed by atoms with Gasteiger partial charge in [0.15, 0.2) is 0 Å². The van der Waals surface area contributed by atoms with Crippen molar-refractivity contribution in [3.63, 3.8) is 0 Å². The molecule has 2 aliphatic carbocycles. The minimum absolute atomic E-state index is 0.362. The average Bonchev–Trinajstić information content (AvgIpc) is 2.65. The van der Waals surface area contributed by atoms with E-state index in [2.05, 4.69) is 31.0 Å². The van der Waals surface area contributed by atoms with E-state index in [1.54, 1.807) is 0 Å². The first-order chi connectivity index (χ1) is 8.57. The lowest BCUT2D eigenvalue weighted by atomic mass is 9.68. The first-order valence-electron chi connectivity index (χ1n) is 7.67. The van der Waals surface area contributed by atoms with Crippen LogP contribution in [-0.2, 0) is 0 Å². The van der Waals surface area contributed by atoms with Gasteiger partial charge in [0.25, 0.3) is 0 Å². The molecule has 0 aromatic rings. The largest absolute Gasteiger partial charge is 0.388 e. The van der Waals surface area contributed by atoms with E-state index in [1.165, 1.54) is 19.3 Å². The monoisotopic (exact) mass is 268 g/mol. The molecule has 0 heterocycles. The Balaban J connectivity index is 1.99. The summed E-state index contributed by atoms with van der Waals surface area (Å²) < 4.78 is 0. The van der Waals surface area contributed by atoms with Gasteiger partial charge in [-0.2, -0.15) is 0 Å². The molecule has 4 unspecified atom stereocenters. The number of aliphatic hydroxyl groups is 1. The predicted molar refractivity (Wildman–Crippen MR) is 80.2 cm³/mol. The standard InChI is InChI=1S/C16H32N2O/c1-14(2)12-7-8-15(3,9-12)13(14)17-10-16(4,19)11-18(5)6/h12-13,17,19H,7-11H2,1-6H3. The fraction of sp³-hybridized carbons (Fsp3) is 1.00. The third-order valence-electron chi connectivity index (χ3n) is 5.61. The van der Waals surface area contributed by atoms with Gasteiger partial charge in [0, 0.05) is 19.1 Å². The zero-order chi connectivity index (χ0) is 14.5. The predicted octanol–water partition coefficient (Wildman–Crippen LogP) is 2.10. The van der Waals surface area contributed by atoms with Gasteiger partial charge in [0.2, 0.25) is 0 Å². The Kier molecular flexibility index (Phi) is 3.79. The molecular formula is C16H32N2O. The van der Waals surface area contributed by atoms with Crippen LogP contribution in [0, 0.1) is 16.7 Å². The van der Waals surface area contributed by atoms with Crippen LogP contribution in [-0.4, -0.2) is 48.8 Å². The van der Waals surface area contributed by atoms with Crippen LogP contribution in [0.25, 0.3) is 0 Å². The summed E-state index contributed by atoms with van der Waals surface area (Å²) in [6, 6.07) is 0.535. The molecule has 19 heavy (non-hydrogen) atoms. The van der Waals surface area contributed by atoms with Gasteiger partial charge in [0.1, 0.15) is 0 Å². The number of nitrogens with zero attached hydrogens (tertiary/aromatic N) is 1. The molecule has 3 heteroatoms. The zero-order valence-corrected chi connectivity index (χ0v) is 13.6. The van der Waals surface area contributed by atoms with Crippen molar-refractivity contribution in [2.45, 2.75) is 58.6 Å². The molecule has 2 bridgehead atoms. The fourth-order valence-corrected chi connectivity index (χ4v) is 4.87. The highest BCUT2D eigenvalue weighted by Crippen LogP contribution is 2.62. The molecule has 3 nitrogen and oxygen atoms in total. The van der Waals surface area contributed by atoms with Crippen LogP contribution < -0.4 is 5.32 Å². The Morgan fingerprint density at radius 3 is 2.42 bits per heavy atom. The van der Waals surface area contributed by atoms with Gasteiger partial charge in [0.05, 0.1) is 5.60 Å². The number of nitrogens with one attached hydrogen (secondary N) is 1. The summed E-state index contributed by atoms with van der Waals surface area (Å²) in [6.07, 6.45) is 4.08. The lowest BCUT2D eigenvalue weighted by molar-refractivity contribution is 0.0156. The number of hydrogen-bond acceptors (Lipinski definition) is 3. The van der Waals surface area contributed by atoms with E-state index in [0.717, 1.165) is 5.92 Å². The van der Waals surface area contributed by atoms with Crippen molar-refractivity contribution in [1.29, 1.82) is 0 Å². The van der Waals surface area contributed by atoms with Crippen LogP contribution in [0.15, 0.2) is 0 Å². The van der Waals surface area contributed by atoms with Crippen LogP contribution in [0.1, 0.15) is 47.0 Å². The van der Waals surface area contributed by atoms with E-state index in [0.29, 0.717) is 30.0 Å². The maximum atomic E-state index is 10.5. The van der Waals surface area contributed by atoms with Crippen molar-refractivity contribution in [3.8, 4) is 0 Å². The summed E-state index contributed by atoms with van der Waals surface area (Å²) in [4.78, 5) is 2.05. The second-order valence-corrected chi connectivity index (χ2v) is 8.46. The Morgan fingerprint density at radius 2 is 1.95 bits per heavy atom. The minimum atomic E-state index is -0.655. The van der Waals surface area contributed by atoms with Crippen molar-refractivity contribution >= 4 is 0 Å². The van der Waals surface area contributed by atoms with Crippen LogP contribution in [0.2, 0.25) is 0 Å². The van der Waals surface area contributed by atoms with Crippen LogP contribution in [0.4, 0.5) is 0 Å². The lowest BCUT2D eigenvalue weighted by Gasteiger charge is -2.44. The van der Waals surface area contributed by atoms with Crippen molar-refractivity contribution in [3.05, 3.63) is 0 Å². The van der Waals surface area contributed by atoms with E-state index >= 15 is 0 Å². The highest BCUT2D eigenvalue weighted by atomic mass is 16.3. The van der Waals surface area contributed by atoms with Crippen molar-refractivity contribution in [2.75, 3.05) is 27.2 Å². The SMILES string of the molecule is CN(C)CC(C)(O)CNC1C2(C)CCC(C2)C1(C)C. The third kappa shape index (κ3) is 2.84. The highest BCUT2D eigenvalue weighted by molar-refractivity contribution is 5.12. The molecule has 0 radical (unpaired) electrons. The molecular weight excluding hydrogens is 236 g/mol. The first kappa shape index (κ1) is 15.3. The maximum Gasteiger partial charge on any atom is 0.0869 e. The molecule has 2 N–H and O–H groups in total. The van der Waals surface area contributed by atoms with Crippen LogP contribution >= 0.6 is 0 Å². The van der Waals surface area contributed by atoms with E-state index < -0.39 is 5.60 Å². The molecule has 2 saturated carbocycles. The van der Waals surface area contributed by atoms with Gasteiger partial charge >= 0.3 is 0 Å². The second kappa shape index (κ2) is 4.71. The Bertz CT molecular complexity index is 333. The van der Waals surface area contributed by atoms with E-state index in [1.807, 2.05) is 21.0 Å². The molecule has 0 saturated heterocycles. The molecule has 2 rings (SSSR count). The second-order valence-electron chi connectivity index (χ2n) is 8.46. The average molecular weight is 268 g/mol. The molecule has 0 aromatic carbocycles. The molecule has 112 valence electrons. The van der Waals surface area contributed by atoms with Gasteiger partial charge in [-0.05, 0) is 57.0 Å². The van der Waals surface area contributed by atoms with Crippen LogP contribution in [0.5, 0.6) is 0 Å². The third-order valence-corrected chi connectivity index (χ3v) is 5.61. The Morgan fingerprint density at radius 1 is 1.32 bits per heavy atom. The van der Waals surface area contributed by atoms with Gasteiger partial charge in [-0.3, -0.25) is 0 Å². The number of rotatable bonds is 5. The Hall–Kier alpha value is -0.120. The van der Waals surface area contributed by atoms with Gasteiger partial charge < -0.3 is 15.3 Å². The highest BCUT2D eigenvalue weighted by Gasteiger charge is 2.59. The number of likely N-dealkylation sites (N-methyl/N-ethyl adjacent to an activating group) is 1. The lowest BCUT2D eigenvalue weighted by Crippen LogP contribution is -2.55. The molecule has 2 aliphatic rings. The molecule has 0 aromatic heterocycles. The quantitative estimate of drug-likeness (QED) is 0.801. The summed E-state index contributed by atoms with van der Waals surface area (Å²) in [5.74, 6) is 0.855. The van der Waals surface area contributed by atoms with Crippen molar-refractivity contribution in [1.82, 2.24) is 10.2 Å². The first-order valence-corrected chi connectivity index (χ1v) is 7.67. The summed E-state index contributed by atoms with van der Waals surface area (Å²) >= 11 is 0.